The van der Waals surface area contributed by atoms with E-state index in [1.165, 1.54) is 4.68 Å². The molecule has 0 bridgehead atoms. The molecule has 20 heavy (non-hydrogen) atoms. The molecule has 0 radical (unpaired) electrons. The number of hydrogen-bond donors (Lipinski definition) is 0. The van der Waals surface area contributed by atoms with Crippen LogP contribution in [0.3, 0.4) is 0 Å². The lowest BCUT2D eigenvalue weighted by atomic mass is 10.1. The monoisotopic (exact) mass is 267 g/mol. The summed E-state index contributed by atoms with van der Waals surface area (Å²) in [7, 11) is 0. The highest BCUT2D eigenvalue weighted by molar-refractivity contribution is 5.81. The zero-order chi connectivity index (χ0) is 13.9. The third-order valence-electron chi connectivity index (χ3n) is 3.00. The quantitative estimate of drug-likeness (QED) is 0.729. The second kappa shape index (κ2) is 5.08. The van der Waals surface area contributed by atoms with Crippen LogP contribution in [0.15, 0.2) is 49.2 Å². The number of carbonyl (C=O) groups is 1. The van der Waals surface area contributed by atoms with Crippen LogP contribution in [0.4, 0.5) is 0 Å². The van der Waals surface area contributed by atoms with Crippen molar-refractivity contribution < 1.29 is 4.79 Å². The van der Waals surface area contributed by atoms with Crippen molar-refractivity contribution in [3.8, 4) is 16.9 Å². The van der Waals surface area contributed by atoms with Crippen molar-refractivity contribution in [1.82, 2.24) is 24.5 Å². The lowest BCUT2D eigenvalue weighted by Gasteiger charge is -2.01. The Balaban J connectivity index is 2.17. The predicted octanol–water partition coefficient (Wildman–Crippen LogP) is 2.18. The van der Waals surface area contributed by atoms with Gasteiger partial charge < -0.3 is 0 Å². The van der Waals surface area contributed by atoms with Crippen LogP contribution < -0.4 is 0 Å². The van der Waals surface area contributed by atoms with Crippen molar-refractivity contribution in [3.05, 3.63) is 49.2 Å². The first-order chi connectivity index (χ1) is 9.79. The van der Waals surface area contributed by atoms with Gasteiger partial charge in [-0.25, -0.2) is 4.68 Å². The van der Waals surface area contributed by atoms with E-state index in [1.54, 1.807) is 23.4 Å². The van der Waals surface area contributed by atoms with Crippen LogP contribution in [0, 0.1) is 0 Å². The Labute approximate surface area is 115 Å². The Morgan fingerprint density at radius 3 is 2.50 bits per heavy atom. The molecular weight excluding hydrogens is 254 g/mol. The van der Waals surface area contributed by atoms with Gasteiger partial charge in [0.25, 0.3) is 0 Å². The van der Waals surface area contributed by atoms with E-state index in [0.717, 1.165) is 11.1 Å². The molecule has 0 unspecified atom stereocenters. The van der Waals surface area contributed by atoms with E-state index in [2.05, 4.69) is 15.3 Å². The Morgan fingerprint density at radius 2 is 1.85 bits per heavy atom. The van der Waals surface area contributed by atoms with Gasteiger partial charge in [-0.3, -0.25) is 9.36 Å². The maximum Gasteiger partial charge on any atom is 0.246 e. The Morgan fingerprint density at radius 1 is 1.15 bits per heavy atom. The first kappa shape index (κ1) is 12.3. The zero-order valence-corrected chi connectivity index (χ0v) is 11.0. The average molecular weight is 267 g/mol. The molecule has 0 amide bonds. The molecule has 2 heterocycles. The summed E-state index contributed by atoms with van der Waals surface area (Å²) in [6, 6.07) is 9.80. The van der Waals surface area contributed by atoms with Gasteiger partial charge in [0.2, 0.25) is 5.91 Å². The Hall–Kier alpha value is -2.76. The number of hydrogen-bond acceptors (Lipinski definition) is 4. The lowest BCUT2D eigenvalue weighted by Crippen LogP contribution is -2.09. The highest BCUT2D eigenvalue weighted by Crippen LogP contribution is 2.25. The molecule has 0 atom stereocenters. The third-order valence-corrected chi connectivity index (χ3v) is 3.00. The molecule has 0 aliphatic carbocycles. The molecule has 0 aliphatic heterocycles. The molecule has 0 saturated carbocycles. The van der Waals surface area contributed by atoms with Gasteiger partial charge >= 0.3 is 0 Å². The molecule has 0 fully saturated rings. The fraction of sp³-hybridized carbons (Fsp3) is 0.143. The molecule has 0 aliphatic rings. The SMILES string of the molecule is CCC(=O)n1cc(-c2ccccc2)c(-n2cnnc2)n1. The van der Waals surface area contributed by atoms with E-state index in [9.17, 15) is 4.79 Å². The second-order valence-corrected chi connectivity index (χ2v) is 4.29. The van der Waals surface area contributed by atoms with Gasteiger partial charge in [0.15, 0.2) is 5.82 Å². The van der Waals surface area contributed by atoms with Crippen molar-refractivity contribution in [3.63, 3.8) is 0 Å². The molecule has 3 aromatic rings. The smallest absolute Gasteiger partial charge is 0.246 e. The molecule has 3 rings (SSSR count). The van der Waals surface area contributed by atoms with Gasteiger partial charge in [0.1, 0.15) is 12.7 Å². The van der Waals surface area contributed by atoms with Crippen LogP contribution in [0.5, 0.6) is 0 Å². The van der Waals surface area contributed by atoms with Crippen LogP contribution in [0.25, 0.3) is 16.9 Å². The fourth-order valence-electron chi connectivity index (χ4n) is 1.98. The first-order valence-corrected chi connectivity index (χ1v) is 6.33. The van der Waals surface area contributed by atoms with Crippen LogP contribution >= 0.6 is 0 Å². The number of rotatable bonds is 3. The molecular formula is C14H13N5O. The standard InChI is InChI=1S/C14H13N5O/c1-2-13(20)19-8-12(11-6-4-3-5-7-11)14(17-19)18-9-15-16-10-18/h3-10H,2H2,1H3. The minimum atomic E-state index is -0.0542. The predicted molar refractivity (Wildman–Crippen MR) is 73.5 cm³/mol. The summed E-state index contributed by atoms with van der Waals surface area (Å²) in [5, 5.41) is 11.9. The normalized spacial score (nSPS) is 10.7. The first-order valence-electron chi connectivity index (χ1n) is 6.33. The van der Waals surface area contributed by atoms with Gasteiger partial charge in [0.05, 0.1) is 0 Å². The Kier molecular flexibility index (Phi) is 3.12. The molecule has 0 N–H and O–H groups in total. The van der Waals surface area contributed by atoms with Gasteiger partial charge in [-0.2, -0.15) is 0 Å². The highest BCUT2D eigenvalue weighted by atomic mass is 16.2. The van der Waals surface area contributed by atoms with Gasteiger partial charge in [-0.15, -0.1) is 15.3 Å². The summed E-state index contributed by atoms with van der Waals surface area (Å²) in [4.78, 5) is 11.8. The number of benzene rings is 1. The zero-order valence-electron chi connectivity index (χ0n) is 11.0. The molecule has 2 aromatic heterocycles. The van der Waals surface area contributed by atoms with Gasteiger partial charge in [0, 0.05) is 18.2 Å². The summed E-state index contributed by atoms with van der Waals surface area (Å²) in [5.74, 6) is 0.588. The fourth-order valence-corrected chi connectivity index (χ4v) is 1.98. The average Bonchev–Trinajstić information content (AvgIpc) is 3.16. The van der Waals surface area contributed by atoms with Crippen molar-refractivity contribution >= 4 is 5.91 Å². The number of carbonyl (C=O) groups excluding carboxylic acids is 1. The van der Waals surface area contributed by atoms with Crippen LogP contribution in [0.1, 0.15) is 18.1 Å². The maximum atomic E-state index is 11.8. The van der Waals surface area contributed by atoms with E-state index < -0.39 is 0 Å². The summed E-state index contributed by atoms with van der Waals surface area (Å²) in [6.07, 6.45) is 5.28. The van der Waals surface area contributed by atoms with E-state index >= 15 is 0 Å². The van der Waals surface area contributed by atoms with Crippen molar-refractivity contribution in [2.45, 2.75) is 13.3 Å². The molecule has 0 saturated heterocycles. The topological polar surface area (TPSA) is 65.6 Å². The Bertz CT molecular complexity index is 715. The molecule has 0 spiro atoms. The van der Waals surface area contributed by atoms with E-state index in [0.29, 0.717) is 12.2 Å². The van der Waals surface area contributed by atoms with Gasteiger partial charge in [-0.1, -0.05) is 37.3 Å². The molecule has 6 nitrogen and oxygen atoms in total. The van der Waals surface area contributed by atoms with E-state index in [4.69, 9.17) is 0 Å². The largest absolute Gasteiger partial charge is 0.273 e. The molecule has 1 aromatic carbocycles. The number of aromatic nitrogens is 5. The molecule has 100 valence electrons. The van der Waals surface area contributed by atoms with Gasteiger partial charge in [-0.05, 0) is 5.56 Å². The minimum Gasteiger partial charge on any atom is -0.273 e. The lowest BCUT2D eigenvalue weighted by molar-refractivity contribution is 0.0893. The summed E-state index contributed by atoms with van der Waals surface area (Å²) < 4.78 is 3.07. The van der Waals surface area contributed by atoms with Crippen molar-refractivity contribution in [2.24, 2.45) is 0 Å². The van der Waals surface area contributed by atoms with Crippen molar-refractivity contribution in [2.75, 3.05) is 0 Å². The number of nitrogens with zero attached hydrogens (tertiary/aromatic N) is 5. The van der Waals surface area contributed by atoms with Crippen LogP contribution in [-0.2, 0) is 0 Å². The minimum absolute atomic E-state index is 0.0542. The highest BCUT2D eigenvalue weighted by Gasteiger charge is 2.15. The summed E-state index contributed by atoms with van der Waals surface area (Å²) in [6.45, 7) is 1.81. The second-order valence-electron chi connectivity index (χ2n) is 4.29. The molecule has 6 heteroatoms. The van der Waals surface area contributed by atoms with E-state index in [-0.39, 0.29) is 5.91 Å². The summed E-state index contributed by atoms with van der Waals surface area (Å²) >= 11 is 0. The van der Waals surface area contributed by atoms with Crippen LogP contribution in [0.2, 0.25) is 0 Å². The maximum absolute atomic E-state index is 11.8. The van der Waals surface area contributed by atoms with Crippen molar-refractivity contribution in [1.29, 1.82) is 0 Å². The van der Waals surface area contributed by atoms with Crippen LogP contribution in [-0.4, -0.2) is 30.5 Å². The summed E-state index contributed by atoms with van der Waals surface area (Å²) in [5.41, 5.74) is 1.86. The van der Waals surface area contributed by atoms with E-state index in [1.807, 2.05) is 37.3 Å². The third kappa shape index (κ3) is 2.11.